The number of halogens is 1. The van der Waals surface area contributed by atoms with Crippen molar-refractivity contribution in [1.29, 1.82) is 0 Å². The monoisotopic (exact) mass is 381 g/mol. The molecule has 1 aromatic carbocycles. The van der Waals surface area contributed by atoms with Crippen molar-refractivity contribution in [3.63, 3.8) is 0 Å². The zero-order valence-electron chi connectivity index (χ0n) is 14.2. The van der Waals surface area contributed by atoms with Crippen LogP contribution < -0.4 is 5.32 Å². The number of nitrogens with zero attached hydrogens (tertiary/aromatic N) is 1. The summed E-state index contributed by atoms with van der Waals surface area (Å²) in [7, 11) is 0. The van der Waals surface area contributed by atoms with Gasteiger partial charge in [-0.3, -0.25) is 0 Å². The molecule has 1 aromatic heterocycles. The van der Waals surface area contributed by atoms with Crippen LogP contribution in [0.2, 0.25) is 0 Å². The Bertz CT molecular complexity index is 689. The third-order valence-corrected chi connectivity index (χ3v) is 3.68. The summed E-state index contributed by atoms with van der Waals surface area (Å²) < 4.78 is 6.35. The van der Waals surface area contributed by atoms with Crippen LogP contribution in [0.4, 0.5) is 4.79 Å². The van der Waals surface area contributed by atoms with Gasteiger partial charge in [0.25, 0.3) is 0 Å². The maximum Gasteiger partial charge on any atom is 0.408 e. The average Bonchev–Trinajstić information content (AvgIpc) is 2.77. The zero-order chi connectivity index (χ0) is 17.2. The van der Waals surface area contributed by atoms with E-state index in [-0.39, 0.29) is 6.04 Å². The Kier molecular flexibility index (Phi) is 5.34. The number of alkyl carbamates (subject to hydrolysis) is 1. The first kappa shape index (κ1) is 17.8. The lowest BCUT2D eigenvalue weighted by atomic mass is 10.0. The molecule has 2 N–H and O–H groups in total. The average molecular weight is 382 g/mol. The topological polar surface area (TPSA) is 67.0 Å². The molecule has 1 amide bonds. The van der Waals surface area contributed by atoms with Crippen molar-refractivity contribution in [3.05, 3.63) is 28.5 Å². The number of ether oxygens (including phenoxy) is 1. The third kappa shape index (κ3) is 5.23. The molecule has 1 atom stereocenters. The van der Waals surface area contributed by atoms with Crippen LogP contribution in [-0.4, -0.2) is 21.7 Å². The van der Waals surface area contributed by atoms with Crippen LogP contribution >= 0.6 is 15.9 Å². The molecule has 1 heterocycles. The van der Waals surface area contributed by atoms with Gasteiger partial charge in [-0.15, -0.1) is 0 Å². The van der Waals surface area contributed by atoms with Crippen LogP contribution in [-0.2, 0) is 4.74 Å². The highest BCUT2D eigenvalue weighted by molar-refractivity contribution is 9.10. The van der Waals surface area contributed by atoms with Crippen LogP contribution in [0.1, 0.15) is 52.9 Å². The summed E-state index contributed by atoms with van der Waals surface area (Å²) in [5.74, 6) is 1.16. The Labute approximate surface area is 145 Å². The summed E-state index contributed by atoms with van der Waals surface area (Å²) in [5, 5.41) is 2.93. The minimum atomic E-state index is -0.523. The fourth-order valence-electron chi connectivity index (χ4n) is 2.33. The van der Waals surface area contributed by atoms with E-state index in [2.05, 4.69) is 45.1 Å². The number of nitrogens with one attached hydrogen (secondary N) is 2. The molecule has 0 aliphatic rings. The summed E-state index contributed by atoms with van der Waals surface area (Å²) in [4.78, 5) is 20.0. The first-order valence-electron chi connectivity index (χ1n) is 7.79. The molecule has 0 aliphatic carbocycles. The number of fused-ring (bicyclic) bond motifs is 1. The van der Waals surface area contributed by atoms with Gasteiger partial charge in [0.2, 0.25) is 0 Å². The Balaban J connectivity index is 2.24. The highest BCUT2D eigenvalue weighted by Gasteiger charge is 2.23. The Morgan fingerprint density at radius 3 is 2.70 bits per heavy atom. The standard InChI is InChI=1S/C17H24BrN3O2/c1-10(2)8-14(21-16(22)23-17(3,4)5)15-19-12-7-6-11(18)9-13(12)20-15/h6-7,9-10,14H,8H2,1-5H3,(H,19,20)(H,21,22). The van der Waals surface area contributed by atoms with Gasteiger partial charge in [-0.25, -0.2) is 9.78 Å². The highest BCUT2D eigenvalue weighted by atomic mass is 79.9. The van der Waals surface area contributed by atoms with E-state index in [9.17, 15) is 4.79 Å². The molecular formula is C17H24BrN3O2. The maximum atomic E-state index is 12.1. The second kappa shape index (κ2) is 6.91. The predicted octanol–water partition coefficient (Wildman–Crippen LogP) is 4.94. The lowest BCUT2D eigenvalue weighted by Gasteiger charge is -2.23. The molecular weight excluding hydrogens is 358 g/mol. The molecule has 0 bridgehead atoms. The molecule has 126 valence electrons. The van der Waals surface area contributed by atoms with Crippen molar-refractivity contribution in [2.45, 2.75) is 52.7 Å². The first-order chi connectivity index (χ1) is 10.6. The quantitative estimate of drug-likeness (QED) is 0.787. The molecule has 0 spiro atoms. The molecule has 0 aliphatic heterocycles. The number of benzene rings is 1. The molecule has 1 unspecified atom stereocenters. The molecule has 0 saturated heterocycles. The van der Waals surface area contributed by atoms with Crippen molar-refractivity contribution < 1.29 is 9.53 Å². The number of carbonyl (C=O) groups excluding carboxylic acids is 1. The Morgan fingerprint density at radius 1 is 1.39 bits per heavy atom. The smallest absolute Gasteiger partial charge is 0.408 e. The van der Waals surface area contributed by atoms with Crippen LogP contribution in [0.15, 0.2) is 22.7 Å². The van der Waals surface area contributed by atoms with E-state index < -0.39 is 11.7 Å². The summed E-state index contributed by atoms with van der Waals surface area (Å²) in [6.45, 7) is 9.78. The highest BCUT2D eigenvalue weighted by Crippen LogP contribution is 2.24. The number of H-pyrrole nitrogens is 1. The van der Waals surface area contributed by atoms with Gasteiger partial charge in [0.05, 0.1) is 17.1 Å². The molecule has 2 rings (SSSR count). The van der Waals surface area contributed by atoms with Gasteiger partial charge in [-0.1, -0.05) is 29.8 Å². The largest absolute Gasteiger partial charge is 0.444 e. The molecule has 2 aromatic rings. The number of rotatable bonds is 4. The number of amides is 1. The summed E-state index contributed by atoms with van der Waals surface area (Å²) in [5.41, 5.74) is 1.29. The SMILES string of the molecule is CC(C)CC(NC(=O)OC(C)(C)C)c1nc2ccc(Br)cc2[nH]1. The third-order valence-electron chi connectivity index (χ3n) is 3.19. The predicted molar refractivity (Wildman–Crippen MR) is 95.4 cm³/mol. The molecule has 0 radical (unpaired) electrons. The van der Waals surface area contributed by atoms with Gasteiger partial charge in [0.15, 0.2) is 0 Å². The number of hydrogen-bond donors (Lipinski definition) is 2. The van der Waals surface area contributed by atoms with E-state index in [0.29, 0.717) is 5.92 Å². The normalized spacial score (nSPS) is 13.3. The fraction of sp³-hybridized carbons (Fsp3) is 0.529. The van der Waals surface area contributed by atoms with Crippen molar-refractivity contribution in [3.8, 4) is 0 Å². The number of hydrogen-bond acceptors (Lipinski definition) is 3. The number of aromatic amines is 1. The molecule has 6 heteroatoms. The van der Waals surface area contributed by atoms with Gasteiger partial charge in [-0.2, -0.15) is 0 Å². The molecule has 0 fully saturated rings. The van der Waals surface area contributed by atoms with Crippen LogP contribution in [0, 0.1) is 5.92 Å². The Hall–Kier alpha value is -1.56. The molecule has 0 saturated carbocycles. The van der Waals surface area contributed by atoms with E-state index in [1.807, 2.05) is 39.0 Å². The van der Waals surface area contributed by atoms with Crippen molar-refractivity contribution in [1.82, 2.24) is 15.3 Å². The Morgan fingerprint density at radius 2 is 2.09 bits per heavy atom. The lowest BCUT2D eigenvalue weighted by molar-refractivity contribution is 0.0495. The van der Waals surface area contributed by atoms with Crippen LogP contribution in [0.3, 0.4) is 0 Å². The second-order valence-electron chi connectivity index (χ2n) is 7.11. The maximum absolute atomic E-state index is 12.1. The lowest BCUT2D eigenvalue weighted by Crippen LogP contribution is -2.35. The minimum Gasteiger partial charge on any atom is -0.444 e. The first-order valence-corrected chi connectivity index (χ1v) is 8.58. The minimum absolute atomic E-state index is 0.212. The van der Waals surface area contributed by atoms with E-state index in [4.69, 9.17) is 4.74 Å². The van der Waals surface area contributed by atoms with E-state index in [0.717, 1.165) is 27.8 Å². The molecule has 5 nitrogen and oxygen atoms in total. The van der Waals surface area contributed by atoms with Gasteiger partial charge < -0.3 is 15.0 Å². The van der Waals surface area contributed by atoms with Crippen LogP contribution in [0.25, 0.3) is 11.0 Å². The van der Waals surface area contributed by atoms with Crippen molar-refractivity contribution in [2.75, 3.05) is 0 Å². The van der Waals surface area contributed by atoms with Gasteiger partial charge in [0.1, 0.15) is 11.4 Å². The van der Waals surface area contributed by atoms with Crippen molar-refractivity contribution in [2.24, 2.45) is 5.92 Å². The van der Waals surface area contributed by atoms with E-state index >= 15 is 0 Å². The van der Waals surface area contributed by atoms with Gasteiger partial charge in [-0.05, 0) is 51.3 Å². The number of carbonyl (C=O) groups is 1. The number of aromatic nitrogens is 2. The van der Waals surface area contributed by atoms with E-state index in [1.165, 1.54) is 0 Å². The van der Waals surface area contributed by atoms with E-state index in [1.54, 1.807) is 0 Å². The van der Waals surface area contributed by atoms with Gasteiger partial charge >= 0.3 is 6.09 Å². The summed E-state index contributed by atoms with van der Waals surface area (Å²) in [6, 6.07) is 5.66. The number of imidazole rings is 1. The van der Waals surface area contributed by atoms with Gasteiger partial charge in [0, 0.05) is 4.47 Å². The fourth-order valence-corrected chi connectivity index (χ4v) is 2.69. The second-order valence-corrected chi connectivity index (χ2v) is 8.03. The zero-order valence-corrected chi connectivity index (χ0v) is 15.8. The van der Waals surface area contributed by atoms with Crippen molar-refractivity contribution >= 4 is 33.1 Å². The summed E-state index contributed by atoms with van der Waals surface area (Å²) in [6.07, 6.45) is 0.352. The molecule has 23 heavy (non-hydrogen) atoms. The summed E-state index contributed by atoms with van der Waals surface area (Å²) >= 11 is 3.45. The van der Waals surface area contributed by atoms with Crippen LogP contribution in [0.5, 0.6) is 0 Å².